The predicted octanol–water partition coefficient (Wildman–Crippen LogP) is 1.92. The quantitative estimate of drug-likeness (QED) is 0.840. The van der Waals surface area contributed by atoms with Gasteiger partial charge in [0.15, 0.2) is 0 Å². The highest BCUT2D eigenvalue weighted by Gasteiger charge is 2.20. The summed E-state index contributed by atoms with van der Waals surface area (Å²) in [6.45, 7) is 9.84. The van der Waals surface area contributed by atoms with Crippen LogP contribution in [0.5, 0.6) is 0 Å². The Morgan fingerprint density at radius 2 is 1.60 bits per heavy atom. The van der Waals surface area contributed by atoms with Gasteiger partial charge in [-0.2, -0.15) is 0 Å². The van der Waals surface area contributed by atoms with Crippen molar-refractivity contribution in [3.8, 4) is 0 Å². The van der Waals surface area contributed by atoms with Crippen molar-refractivity contribution in [2.24, 2.45) is 0 Å². The molecule has 1 aliphatic rings. The Labute approximate surface area is 122 Å². The van der Waals surface area contributed by atoms with Crippen molar-refractivity contribution in [3.63, 3.8) is 0 Å². The number of likely N-dealkylation sites (N-methyl/N-ethyl adjacent to an activating group) is 1. The normalized spacial score (nSPS) is 16.2. The summed E-state index contributed by atoms with van der Waals surface area (Å²) in [7, 11) is 2.10. The first kappa shape index (κ1) is 14.9. The molecule has 20 heavy (non-hydrogen) atoms. The van der Waals surface area contributed by atoms with E-state index in [4.69, 9.17) is 0 Å². The lowest BCUT2D eigenvalue weighted by molar-refractivity contribution is 0.0664. The molecule has 1 fully saturated rings. The summed E-state index contributed by atoms with van der Waals surface area (Å²) < 4.78 is 0. The molecular weight excluding hydrogens is 250 g/mol. The molecule has 0 saturated carbocycles. The molecule has 1 saturated heterocycles. The van der Waals surface area contributed by atoms with E-state index in [0.717, 1.165) is 44.8 Å². The number of carbonyl (C=O) groups excluding carboxylic acids is 1. The fourth-order valence-electron chi connectivity index (χ4n) is 2.60. The minimum Gasteiger partial charge on any atom is -0.372 e. The molecule has 4 heteroatoms. The van der Waals surface area contributed by atoms with E-state index in [-0.39, 0.29) is 5.91 Å². The maximum atomic E-state index is 12.4. The number of benzene rings is 1. The first-order valence-electron chi connectivity index (χ1n) is 7.48. The van der Waals surface area contributed by atoms with E-state index in [0.29, 0.717) is 0 Å². The predicted molar refractivity (Wildman–Crippen MR) is 83.4 cm³/mol. The molecule has 1 amide bonds. The van der Waals surface area contributed by atoms with E-state index >= 15 is 0 Å². The molecule has 0 bridgehead atoms. The zero-order valence-corrected chi connectivity index (χ0v) is 12.8. The lowest BCUT2D eigenvalue weighted by Gasteiger charge is -2.32. The number of amides is 1. The highest BCUT2D eigenvalue weighted by Crippen LogP contribution is 2.16. The highest BCUT2D eigenvalue weighted by atomic mass is 16.2. The highest BCUT2D eigenvalue weighted by molar-refractivity contribution is 5.94. The first-order valence-corrected chi connectivity index (χ1v) is 7.48. The van der Waals surface area contributed by atoms with Gasteiger partial charge in [-0.05, 0) is 45.2 Å². The van der Waals surface area contributed by atoms with Gasteiger partial charge in [-0.25, -0.2) is 0 Å². The largest absolute Gasteiger partial charge is 0.372 e. The molecule has 1 heterocycles. The minimum absolute atomic E-state index is 0.157. The smallest absolute Gasteiger partial charge is 0.253 e. The van der Waals surface area contributed by atoms with Crippen LogP contribution in [0.3, 0.4) is 0 Å². The fraction of sp³-hybridized carbons (Fsp3) is 0.562. The van der Waals surface area contributed by atoms with Crippen LogP contribution < -0.4 is 4.90 Å². The molecule has 1 aromatic carbocycles. The number of hydrogen-bond acceptors (Lipinski definition) is 3. The Hall–Kier alpha value is -1.55. The monoisotopic (exact) mass is 275 g/mol. The Morgan fingerprint density at radius 1 is 1.05 bits per heavy atom. The van der Waals surface area contributed by atoms with E-state index in [1.807, 2.05) is 17.0 Å². The van der Waals surface area contributed by atoms with Gasteiger partial charge in [0.1, 0.15) is 0 Å². The van der Waals surface area contributed by atoms with Crippen molar-refractivity contribution in [1.29, 1.82) is 0 Å². The third kappa shape index (κ3) is 3.31. The summed E-state index contributed by atoms with van der Waals surface area (Å²) in [5.41, 5.74) is 1.98. The number of hydrogen-bond donors (Lipinski definition) is 0. The van der Waals surface area contributed by atoms with E-state index in [2.05, 4.69) is 42.8 Å². The van der Waals surface area contributed by atoms with Crippen molar-refractivity contribution in [1.82, 2.24) is 9.80 Å². The molecule has 0 radical (unpaired) electrons. The van der Waals surface area contributed by atoms with Gasteiger partial charge < -0.3 is 14.7 Å². The van der Waals surface area contributed by atoms with Crippen LogP contribution in [-0.4, -0.2) is 62.0 Å². The second-order valence-corrected chi connectivity index (χ2v) is 5.31. The zero-order valence-electron chi connectivity index (χ0n) is 12.8. The van der Waals surface area contributed by atoms with Crippen molar-refractivity contribution in [2.75, 3.05) is 51.2 Å². The molecular formula is C16H25N3O. The van der Waals surface area contributed by atoms with Crippen molar-refractivity contribution >= 4 is 11.6 Å². The standard InChI is InChI=1S/C16H25N3O/c1-4-18(5-2)15-8-6-14(7-9-15)16(20)19-12-10-17(3)11-13-19/h6-9H,4-5,10-13H2,1-3H3. The van der Waals surface area contributed by atoms with Crippen LogP contribution in [0.2, 0.25) is 0 Å². The van der Waals surface area contributed by atoms with Gasteiger partial charge in [-0.3, -0.25) is 4.79 Å². The van der Waals surface area contributed by atoms with Gasteiger partial charge in [0.05, 0.1) is 0 Å². The average molecular weight is 275 g/mol. The first-order chi connectivity index (χ1) is 9.65. The molecule has 1 aliphatic heterocycles. The molecule has 2 rings (SSSR count). The Balaban J connectivity index is 2.04. The summed E-state index contributed by atoms with van der Waals surface area (Å²) in [6.07, 6.45) is 0. The molecule has 110 valence electrons. The number of rotatable bonds is 4. The van der Waals surface area contributed by atoms with Crippen molar-refractivity contribution in [2.45, 2.75) is 13.8 Å². The molecule has 0 spiro atoms. The maximum Gasteiger partial charge on any atom is 0.253 e. The molecule has 0 atom stereocenters. The summed E-state index contributed by atoms with van der Waals surface area (Å²) in [6, 6.07) is 8.01. The van der Waals surface area contributed by atoms with Crippen LogP contribution in [0.4, 0.5) is 5.69 Å². The lowest BCUT2D eigenvalue weighted by atomic mass is 10.1. The van der Waals surface area contributed by atoms with Gasteiger partial charge in [-0.15, -0.1) is 0 Å². The van der Waals surface area contributed by atoms with E-state index in [1.54, 1.807) is 0 Å². The number of piperazine rings is 1. The second kappa shape index (κ2) is 6.75. The van der Waals surface area contributed by atoms with Crippen molar-refractivity contribution < 1.29 is 4.79 Å². The van der Waals surface area contributed by atoms with Gasteiger partial charge in [0, 0.05) is 50.5 Å². The van der Waals surface area contributed by atoms with Crippen LogP contribution in [0.25, 0.3) is 0 Å². The summed E-state index contributed by atoms with van der Waals surface area (Å²) >= 11 is 0. The van der Waals surface area contributed by atoms with Crippen LogP contribution in [0, 0.1) is 0 Å². The topological polar surface area (TPSA) is 26.8 Å². The molecule has 1 aromatic rings. The van der Waals surface area contributed by atoms with E-state index < -0.39 is 0 Å². The number of anilines is 1. The van der Waals surface area contributed by atoms with Crippen LogP contribution >= 0.6 is 0 Å². The number of carbonyl (C=O) groups is 1. The van der Waals surface area contributed by atoms with E-state index in [9.17, 15) is 4.79 Å². The van der Waals surface area contributed by atoms with Crippen LogP contribution in [-0.2, 0) is 0 Å². The molecule has 0 aliphatic carbocycles. The van der Waals surface area contributed by atoms with Gasteiger partial charge >= 0.3 is 0 Å². The van der Waals surface area contributed by atoms with Crippen LogP contribution in [0.1, 0.15) is 24.2 Å². The zero-order chi connectivity index (χ0) is 14.5. The van der Waals surface area contributed by atoms with Gasteiger partial charge in [0.2, 0.25) is 0 Å². The van der Waals surface area contributed by atoms with E-state index in [1.165, 1.54) is 5.69 Å². The SMILES string of the molecule is CCN(CC)c1ccc(C(=O)N2CCN(C)CC2)cc1. The third-order valence-electron chi connectivity index (χ3n) is 4.03. The fourth-order valence-corrected chi connectivity index (χ4v) is 2.60. The molecule has 0 N–H and O–H groups in total. The number of nitrogens with zero attached hydrogens (tertiary/aromatic N) is 3. The molecule has 4 nitrogen and oxygen atoms in total. The molecule has 0 aromatic heterocycles. The van der Waals surface area contributed by atoms with Gasteiger partial charge in [0.25, 0.3) is 5.91 Å². The Kier molecular flexibility index (Phi) is 5.01. The summed E-state index contributed by atoms with van der Waals surface area (Å²) in [5, 5.41) is 0. The molecule has 0 unspecified atom stereocenters. The van der Waals surface area contributed by atoms with Gasteiger partial charge in [-0.1, -0.05) is 0 Å². The van der Waals surface area contributed by atoms with Crippen molar-refractivity contribution in [3.05, 3.63) is 29.8 Å². The Bertz CT molecular complexity index is 432. The van der Waals surface area contributed by atoms with Crippen LogP contribution in [0.15, 0.2) is 24.3 Å². The summed E-state index contributed by atoms with van der Waals surface area (Å²) in [5.74, 6) is 0.157. The average Bonchev–Trinajstić information content (AvgIpc) is 2.49. The lowest BCUT2D eigenvalue weighted by Crippen LogP contribution is -2.47. The minimum atomic E-state index is 0.157. The summed E-state index contributed by atoms with van der Waals surface area (Å²) in [4.78, 5) is 18.9. The third-order valence-corrected chi connectivity index (χ3v) is 4.03. The Morgan fingerprint density at radius 3 is 2.10 bits per heavy atom. The maximum absolute atomic E-state index is 12.4. The second-order valence-electron chi connectivity index (χ2n) is 5.31.